The second-order valence-electron chi connectivity index (χ2n) is 2.78. The second kappa shape index (κ2) is 3.67. The van der Waals surface area contributed by atoms with Crippen LogP contribution in [0.15, 0.2) is 30.9 Å². The van der Waals surface area contributed by atoms with E-state index in [0.717, 1.165) is 24.3 Å². The quantitative estimate of drug-likeness (QED) is 0.590. The number of hydrogen-bond donors (Lipinski definition) is 1. The number of aldehydes is 1. The zero-order valence-corrected chi connectivity index (χ0v) is 7.21. The fourth-order valence-electron chi connectivity index (χ4n) is 0.979. The van der Waals surface area contributed by atoms with Gasteiger partial charge in [-0.15, -0.1) is 0 Å². The highest BCUT2D eigenvalue weighted by Gasteiger charge is 2.25. The maximum atomic E-state index is 12.7. The third-order valence-corrected chi connectivity index (χ3v) is 1.87. The molecule has 14 heavy (non-hydrogen) atoms. The first-order chi connectivity index (χ1) is 6.53. The second-order valence-corrected chi connectivity index (χ2v) is 2.78. The van der Waals surface area contributed by atoms with Gasteiger partial charge in [-0.3, -0.25) is 4.79 Å². The molecule has 1 aromatic carbocycles. The van der Waals surface area contributed by atoms with E-state index in [1.165, 1.54) is 0 Å². The molecule has 0 aliphatic rings. The van der Waals surface area contributed by atoms with Crippen LogP contribution in [-0.4, -0.2) is 11.4 Å². The molecule has 1 aromatic rings. The molecular weight excluding hydrogens is 190 g/mol. The van der Waals surface area contributed by atoms with Crippen LogP contribution in [-0.2, 0) is 10.4 Å². The van der Waals surface area contributed by atoms with Crippen LogP contribution in [0.1, 0.15) is 5.56 Å². The van der Waals surface area contributed by atoms with Crippen LogP contribution < -0.4 is 0 Å². The molecule has 4 heteroatoms. The van der Waals surface area contributed by atoms with Crippen molar-refractivity contribution in [3.63, 3.8) is 0 Å². The molecule has 1 rings (SSSR count). The van der Waals surface area contributed by atoms with Gasteiger partial charge in [-0.1, -0.05) is 12.6 Å². The van der Waals surface area contributed by atoms with Gasteiger partial charge >= 0.3 is 0 Å². The Morgan fingerprint density at radius 2 is 2.00 bits per heavy atom. The molecule has 0 saturated heterocycles. The average Bonchev–Trinajstić information content (AvgIpc) is 2.21. The summed E-state index contributed by atoms with van der Waals surface area (Å²) in [6.07, 6.45) is 1.15. The van der Waals surface area contributed by atoms with Crippen LogP contribution in [0.3, 0.4) is 0 Å². The third-order valence-electron chi connectivity index (χ3n) is 1.87. The summed E-state index contributed by atoms with van der Waals surface area (Å²) >= 11 is 0. The fourth-order valence-corrected chi connectivity index (χ4v) is 0.979. The van der Waals surface area contributed by atoms with E-state index >= 15 is 0 Å². The van der Waals surface area contributed by atoms with Gasteiger partial charge in [-0.05, 0) is 23.8 Å². The van der Waals surface area contributed by atoms with E-state index in [1.807, 2.05) is 0 Å². The van der Waals surface area contributed by atoms with Gasteiger partial charge in [0.1, 0.15) is 0 Å². The van der Waals surface area contributed by atoms with Gasteiger partial charge in [0.15, 0.2) is 23.5 Å². The molecule has 0 bridgehead atoms. The van der Waals surface area contributed by atoms with E-state index < -0.39 is 17.2 Å². The highest BCUT2D eigenvalue weighted by Crippen LogP contribution is 2.21. The van der Waals surface area contributed by atoms with Crippen molar-refractivity contribution >= 4 is 6.29 Å². The molecular formula is C10H8F2O2. The summed E-state index contributed by atoms with van der Waals surface area (Å²) in [5.74, 6) is -2.16. The molecule has 0 aromatic heterocycles. The Balaban J connectivity index is 3.25. The average molecular weight is 198 g/mol. The summed E-state index contributed by atoms with van der Waals surface area (Å²) in [4.78, 5) is 10.5. The number of halogens is 2. The van der Waals surface area contributed by atoms with Crippen LogP contribution in [0, 0.1) is 11.6 Å². The van der Waals surface area contributed by atoms with Gasteiger partial charge in [-0.2, -0.15) is 0 Å². The van der Waals surface area contributed by atoms with Crippen LogP contribution in [0.5, 0.6) is 0 Å². The van der Waals surface area contributed by atoms with Crippen molar-refractivity contribution in [2.24, 2.45) is 0 Å². The number of benzene rings is 1. The molecule has 0 fully saturated rings. The van der Waals surface area contributed by atoms with Crippen molar-refractivity contribution in [3.8, 4) is 0 Å². The molecule has 1 unspecified atom stereocenters. The minimum atomic E-state index is -1.96. The molecule has 2 nitrogen and oxygen atoms in total. The zero-order chi connectivity index (χ0) is 10.8. The Hall–Kier alpha value is -1.55. The smallest absolute Gasteiger partial charge is 0.163 e. The van der Waals surface area contributed by atoms with Crippen molar-refractivity contribution in [2.45, 2.75) is 5.60 Å². The molecule has 1 N–H and O–H groups in total. The molecule has 0 amide bonds. The third kappa shape index (κ3) is 1.70. The van der Waals surface area contributed by atoms with Crippen molar-refractivity contribution in [3.05, 3.63) is 48.1 Å². The van der Waals surface area contributed by atoms with E-state index in [0.29, 0.717) is 0 Å². The van der Waals surface area contributed by atoms with Crippen LogP contribution >= 0.6 is 0 Å². The van der Waals surface area contributed by atoms with E-state index in [1.54, 1.807) is 0 Å². The lowest BCUT2D eigenvalue weighted by molar-refractivity contribution is -0.120. The largest absolute Gasteiger partial charge is 0.374 e. The normalized spacial score (nSPS) is 14.5. The number of carbonyl (C=O) groups is 1. The predicted octanol–water partition coefficient (Wildman–Crippen LogP) is 1.54. The molecule has 0 heterocycles. The maximum Gasteiger partial charge on any atom is 0.163 e. The highest BCUT2D eigenvalue weighted by atomic mass is 19.2. The Bertz CT molecular complexity index is 366. The maximum absolute atomic E-state index is 12.7. The summed E-state index contributed by atoms with van der Waals surface area (Å²) in [6, 6.07) is 2.71. The highest BCUT2D eigenvalue weighted by molar-refractivity contribution is 5.68. The summed E-state index contributed by atoms with van der Waals surface area (Å²) < 4.78 is 25.3. The van der Waals surface area contributed by atoms with Crippen molar-refractivity contribution in [1.82, 2.24) is 0 Å². The van der Waals surface area contributed by atoms with Gasteiger partial charge in [0, 0.05) is 0 Å². The van der Waals surface area contributed by atoms with Gasteiger partial charge in [-0.25, -0.2) is 8.78 Å². The first-order valence-electron chi connectivity index (χ1n) is 3.81. The molecule has 0 radical (unpaired) electrons. The molecule has 0 aliphatic heterocycles. The van der Waals surface area contributed by atoms with Gasteiger partial charge in [0.2, 0.25) is 0 Å². The SMILES string of the molecule is C=CC(O)(C=O)c1ccc(F)c(F)c1. The van der Waals surface area contributed by atoms with Gasteiger partial charge in [0.25, 0.3) is 0 Å². The topological polar surface area (TPSA) is 37.3 Å². The first-order valence-corrected chi connectivity index (χ1v) is 3.81. The Morgan fingerprint density at radius 1 is 1.36 bits per heavy atom. The minimum absolute atomic E-state index is 0.0543. The van der Waals surface area contributed by atoms with Crippen LogP contribution in [0.25, 0.3) is 0 Å². The van der Waals surface area contributed by atoms with Crippen molar-refractivity contribution in [2.75, 3.05) is 0 Å². The summed E-state index contributed by atoms with van der Waals surface area (Å²) in [6.45, 7) is 3.23. The molecule has 0 saturated carbocycles. The lowest BCUT2D eigenvalue weighted by atomic mass is 9.95. The number of aliphatic hydroxyl groups is 1. The predicted molar refractivity (Wildman–Crippen MR) is 46.5 cm³/mol. The number of hydrogen-bond acceptors (Lipinski definition) is 2. The lowest BCUT2D eigenvalue weighted by Crippen LogP contribution is -2.24. The molecule has 0 aliphatic carbocycles. The van der Waals surface area contributed by atoms with Crippen molar-refractivity contribution in [1.29, 1.82) is 0 Å². The van der Waals surface area contributed by atoms with E-state index in [4.69, 9.17) is 0 Å². The van der Waals surface area contributed by atoms with E-state index in [2.05, 4.69) is 6.58 Å². The Labute approximate surface area is 79.5 Å². The van der Waals surface area contributed by atoms with Crippen molar-refractivity contribution < 1.29 is 18.7 Å². The van der Waals surface area contributed by atoms with E-state index in [9.17, 15) is 18.7 Å². The summed E-state index contributed by atoms with van der Waals surface area (Å²) in [5, 5.41) is 9.54. The van der Waals surface area contributed by atoms with Gasteiger partial charge in [0.05, 0.1) is 0 Å². The minimum Gasteiger partial charge on any atom is -0.374 e. The zero-order valence-electron chi connectivity index (χ0n) is 7.21. The standard InChI is InChI=1S/C10H8F2O2/c1-2-10(14,6-13)7-3-4-8(11)9(12)5-7/h2-6,14H,1H2. The molecule has 1 atom stereocenters. The summed E-state index contributed by atoms with van der Waals surface area (Å²) in [7, 11) is 0. The van der Waals surface area contributed by atoms with E-state index in [-0.39, 0.29) is 11.8 Å². The fraction of sp³-hybridized carbons (Fsp3) is 0.100. The molecule has 74 valence electrons. The Kier molecular flexibility index (Phi) is 2.76. The van der Waals surface area contributed by atoms with Crippen LogP contribution in [0.4, 0.5) is 8.78 Å². The Morgan fingerprint density at radius 3 is 2.43 bits per heavy atom. The van der Waals surface area contributed by atoms with Gasteiger partial charge < -0.3 is 5.11 Å². The molecule has 0 spiro atoms. The lowest BCUT2D eigenvalue weighted by Gasteiger charge is -2.17. The number of carbonyl (C=O) groups excluding carboxylic acids is 1. The monoisotopic (exact) mass is 198 g/mol. The number of rotatable bonds is 3. The summed E-state index contributed by atoms with van der Waals surface area (Å²) in [5.41, 5.74) is -2.02. The first kappa shape index (κ1) is 10.5. The van der Waals surface area contributed by atoms with Crippen LogP contribution in [0.2, 0.25) is 0 Å².